The summed E-state index contributed by atoms with van der Waals surface area (Å²) in [5.74, 6) is -2.09. The second-order valence-corrected chi connectivity index (χ2v) is 7.73. The lowest BCUT2D eigenvalue weighted by molar-refractivity contribution is -0.120. The normalized spacial score (nSPS) is 21.8. The fourth-order valence-electron chi connectivity index (χ4n) is 4.07. The van der Waals surface area contributed by atoms with Gasteiger partial charge in [-0.25, -0.2) is 13.8 Å². The number of fused-ring (bicyclic) bond motifs is 3. The van der Waals surface area contributed by atoms with Gasteiger partial charge in [-0.3, -0.25) is 24.2 Å². The molecule has 1 unspecified atom stereocenters. The van der Waals surface area contributed by atoms with Gasteiger partial charge in [0.2, 0.25) is 0 Å². The molecular weight excluding hydrogens is 406 g/mol. The van der Waals surface area contributed by atoms with E-state index in [1.807, 2.05) is 0 Å². The van der Waals surface area contributed by atoms with Crippen molar-refractivity contribution in [3.05, 3.63) is 71.4 Å². The highest BCUT2D eigenvalue weighted by molar-refractivity contribution is 6.02. The first-order valence-corrected chi connectivity index (χ1v) is 9.79. The van der Waals surface area contributed by atoms with E-state index in [0.717, 1.165) is 16.6 Å². The third-order valence-electron chi connectivity index (χ3n) is 5.75. The third kappa shape index (κ3) is 3.33. The van der Waals surface area contributed by atoms with E-state index >= 15 is 0 Å². The molecule has 10 heteroatoms. The minimum atomic E-state index is -0.845. The zero-order valence-corrected chi connectivity index (χ0v) is 16.5. The van der Waals surface area contributed by atoms with Crippen LogP contribution in [0.25, 0.3) is 0 Å². The maximum absolute atomic E-state index is 14.4. The molecule has 5 rings (SSSR count). The Kier molecular flexibility index (Phi) is 4.49. The molecule has 2 aliphatic rings. The van der Waals surface area contributed by atoms with Crippen LogP contribution in [0.4, 0.5) is 14.6 Å². The number of anilines is 1. The number of carbonyl (C=O) groups is 2. The Balaban J connectivity index is 1.36. The zero-order valence-electron chi connectivity index (χ0n) is 16.5. The summed E-state index contributed by atoms with van der Waals surface area (Å²) in [6, 6.07) is 5.23. The van der Waals surface area contributed by atoms with Gasteiger partial charge in [0.1, 0.15) is 11.9 Å². The Morgan fingerprint density at radius 1 is 1.19 bits per heavy atom. The molecule has 1 fully saturated rings. The number of carbonyl (C=O) groups excluding carboxylic acids is 2. The number of nitrogens with zero attached hydrogens (tertiary/aromatic N) is 5. The molecule has 2 amide bonds. The second-order valence-electron chi connectivity index (χ2n) is 7.73. The first-order chi connectivity index (χ1) is 14.9. The Morgan fingerprint density at radius 2 is 1.97 bits per heavy atom. The lowest BCUT2D eigenvalue weighted by Gasteiger charge is -2.22. The highest BCUT2D eigenvalue weighted by atomic mass is 19.1. The van der Waals surface area contributed by atoms with E-state index in [-0.39, 0.29) is 24.3 Å². The molecule has 158 valence electrons. The highest BCUT2D eigenvalue weighted by Gasteiger charge is 2.53. The fourth-order valence-corrected chi connectivity index (χ4v) is 4.07. The zero-order chi connectivity index (χ0) is 21.7. The van der Waals surface area contributed by atoms with Gasteiger partial charge in [-0.2, -0.15) is 5.10 Å². The Bertz CT molecular complexity index is 1200. The molecule has 1 N–H and O–H groups in total. The fraction of sp³-hybridized carbons (Fsp3) is 0.286. The van der Waals surface area contributed by atoms with Crippen molar-refractivity contribution >= 4 is 17.6 Å². The summed E-state index contributed by atoms with van der Waals surface area (Å²) in [7, 11) is 1.57. The molecule has 0 bridgehead atoms. The SMILES string of the molecule is CN1C(=O)[C@@H](NC(=O)c2nn(Cc3ccccc3F)cc2F)C2C[C@H]2c2nccnc21. The number of halogens is 2. The number of hydrogen-bond donors (Lipinski definition) is 1. The summed E-state index contributed by atoms with van der Waals surface area (Å²) >= 11 is 0. The lowest BCUT2D eigenvalue weighted by Crippen LogP contribution is -2.48. The molecule has 2 aromatic heterocycles. The van der Waals surface area contributed by atoms with Crippen molar-refractivity contribution in [1.82, 2.24) is 25.1 Å². The summed E-state index contributed by atoms with van der Waals surface area (Å²) < 4.78 is 29.5. The third-order valence-corrected chi connectivity index (χ3v) is 5.75. The van der Waals surface area contributed by atoms with E-state index in [9.17, 15) is 18.4 Å². The van der Waals surface area contributed by atoms with Crippen LogP contribution in [-0.4, -0.2) is 44.7 Å². The van der Waals surface area contributed by atoms with E-state index in [1.165, 1.54) is 17.2 Å². The topological polar surface area (TPSA) is 93.0 Å². The number of hydrogen-bond acceptors (Lipinski definition) is 5. The number of likely N-dealkylation sites (N-methyl/N-ethyl adjacent to an activating group) is 1. The number of benzene rings is 1. The molecule has 3 heterocycles. The van der Waals surface area contributed by atoms with Gasteiger partial charge < -0.3 is 5.32 Å². The van der Waals surface area contributed by atoms with Crippen LogP contribution in [0.15, 0.2) is 42.9 Å². The summed E-state index contributed by atoms with van der Waals surface area (Å²) in [4.78, 5) is 35.7. The van der Waals surface area contributed by atoms with Crippen molar-refractivity contribution < 1.29 is 18.4 Å². The predicted octanol–water partition coefficient (Wildman–Crippen LogP) is 1.88. The van der Waals surface area contributed by atoms with Crippen molar-refractivity contribution in [2.24, 2.45) is 5.92 Å². The van der Waals surface area contributed by atoms with E-state index in [1.54, 1.807) is 31.4 Å². The maximum atomic E-state index is 14.4. The molecular formula is C21H18F2N6O2. The van der Waals surface area contributed by atoms with Gasteiger partial charge in [-0.05, 0) is 18.4 Å². The van der Waals surface area contributed by atoms with Gasteiger partial charge in [-0.1, -0.05) is 18.2 Å². The van der Waals surface area contributed by atoms with Crippen LogP contribution in [0.5, 0.6) is 0 Å². The summed E-state index contributed by atoms with van der Waals surface area (Å²) in [5.41, 5.74) is 0.596. The minimum Gasteiger partial charge on any atom is -0.338 e. The van der Waals surface area contributed by atoms with Crippen molar-refractivity contribution in [3.63, 3.8) is 0 Å². The number of amides is 2. The molecule has 3 aromatic rings. The molecule has 0 radical (unpaired) electrons. The van der Waals surface area contributed by atoms with Gasteiger partial charge in [0.25, 0.3) is 11.8 Å². The van der Waals surface area contributed by atoms with Crippen molar-refractivity contribution in [1.29, 1.82) is 0 Å². The summed E-state index contributed by atoms with van der Waals surface area (Å²) in [6.07, 6.45) is 4.80. The molecule has 1 aromatic carbocycles. The molecule has 8 nitrogen and oxygen atoms in total. The Morgan fingerprint density at radius 3 is 2.77 bits per heavy atom. The largest absolute Gasteiger partial charge is 0.338 e. The monoisotopic (exact) mass is 424 g/mol. The minimum absolute atomic E-state index is 0.00589. The van der Waals surface area contributed by atoms with E-state index in [2.05, 4.69) is 20.4 Å². The standard InChI is InChI=1S/C21H18F2N6O2/c1-28-19-16(24-6-7-25-19)12-8-13(12)17(21(28)31)26-20(30)18-15(23)10-29(27-18)9-11-4-2-3-5-14(11)22/h2-7,10,12-13,17H,8-9H2,1H3,(H,26,30)/t12-,13?,17+/m1/s1. The first kappa shape index (κ1) is 19.3. The van der Waals surface area contributed by atoms with Gasteiger partial charge in [0.15, 0.2) is 17.3 Å². The van der Waals surface area contributed by atoms with Crippen molar-refractivity contribution in [3.8, 4) is 0 Å². The Labute approximate surface area is 175 Å². The van der Waals surface area contributed by atoms with Gasteiger partial charge in [0, 0.05) is 30.9 Å². The van der Waals surface area contributed by atoms with Gasteiger partial charge in [0.05, 0.1) is 18.4 Å². The molecule has 0 spiro atoms. The van der Waals surface area contributed by atoms with E-state index in [0.29, 0.717) is 17.8 Å². The van der Waals surface area contributed by atoms with Gasteiger partial charge >= 0.3 is 0 Å². The van der Waals surface area contributed by atoms with Crippen LogP contribution in [0.2, 0.25) is 0 Å². The second kappa shape index (κ2) is 7.22. The average Bonchev–Trinajstić information content (AvgIpc) is 3.48. The molecule has 1 aliphatic heterocycles. The number of nitrogens with one attached hydrogen (secondary N) is 1. The number of rotatable bonds is 4. The van der Waals surface area contributed by atoms with E-state index in [4.69, 9.17) is 0 Å². The molecule has 31 heavy (non-hydrogen) atoms. The average molecular weight is 424 g/mol. The first-order valence-electron chi connectivity index (χ1n) is 9.79. The van der Waals surface area contributed by atoms with E-state index < -0.39 is 29.3 Å². The predicted molar refractivity (Wildman–Crippen MR) is 105 cm³/mol. The van der Waals surface area contributed by atoms with Crippen LogP contribution in [0, 0.1) is 17.6 Å². The van der Waals surface area contributed by atoms with Crippen molar-refractivity contribution in [2.45, 2.75) is 24.9 Å². The van der Waals surface area contributed by atoms with Crippen LogP contribution in [-0.2, 0) is 11.3 Å². The van der Waals surface area contributed by atoms with Crippen LogP contribution >= 0.6 is 0 Å². The lowest BCUT2D eigenvalue weighted by atomic mass is 10.1. The smallest absolute Gasteiger partial charge is 0.275 e. The van der Waals surface area contributed by atoms with Crippen LogP contribution < -0.4 is 10.2 Å². The van der Waals surface area contributed by atoms with Gasteiger partial charge in [-0.15, -0.1) is 0 Å². The van der Waals surface area contributed by atoms with Crippen molar-refractivity contribution in [2.75, 3.05) is 11.9 Å². The quantitative estimate of drug-likeness (QED) is 0.690. The number of aromatic nitrogens is 4. The maximum Gasteiger partial charge on any atom is 0.275 e. The molecule has 1 saturated carbocycles. The molecule has 0 saturated heterocycles. The summed E-state index contributed by atoms with van der Waals surface area (Å²) in [5, 5.41) is 6.61. The summed E-state index contributed by atoms with van der Waals surface area (Å²) in [6.45, 7) is -0.0285. The highest BCUT2D eigenvalue weighted by Crippen LogP contribution is 2.53. The van der Waals surface area contributed by atoms with Crippen LogP contribution in [0.1, 0.15) is 34.1 Å². The molecule has 1 aliphatic carbocycles. The molecule has 3 atom stereocenters. The Hall–Kier alpha value is -3.69. The van der Waals surface area contributed by atoms with Crippen LogP contribution in [0.3, 0.4) is 0 Å².